The minimum Gasteiger partial charge on any atom is -0.497 e. The van der Waals surface area contributed by atoms with Crippen molar-refractivity contribution < 1.29 is 24.2 Å². The van der Waals surface area contributed by atoms with Crippen LogP contribution in [-0.2, 0) is 22.6 Å². The molecule has 2 N–H and O–H groups in total. The lowest BCUT2D eigenvalue weighted by Crippen LogP contribution is -2.54. The molecular weight excluding hydrogens is 492 g/mol. The predicted octanol–water partition coefficient (Wildman–Crippen LogP) is 4.82. The Bertz CT molecular complexity index is 1200. The molecule has 1 amide bonds. The first-order valence-corrected chi connectivity index (χ1v) is 12.1. The largest absolute Gasteiger partial charge is 0.497 e. The van der Waals surface area contributed by atoms with Crippen LogP contribution in [0.25, 0.3) is 0 Å². The van der Waals surface area contributed by atoms with Gasteiger partial charge in [-0.05, 0) is 53.3 Å². The Morgan fingerprint density at radius 1 is 1.05 bits per heavy atom. The number of para-hydroxylation sites is 2. The molecule has 0 saturated heterocycles. The van der Waals surface area contributed by atoms with Crippen LogP contribution in [0.3, 0.4) is 0 Å². The molecule has 0 saturated carbocycles. The van der Waals surface area contributed by atoms with Gasteiger partial charge in [-0.1, -0.05) is 62.4 Å². The zero-order valence-corrected chi connectivity index (χ0v) is 22.0. The number of halogens is 1. The van der Waals surface area contributed by atoms with E-state index in [1.165, 1.54) is 5.56 Å². The fraction of sp³-hybridized carbons (Fsp3) is 0.310. The fourth-order valence-electron chi connectivity index (χ4n) is 4.28. The lowest BCUT2D eigenvalue weighted by Gasteiger charge is -2.27. The van der Waals surface area contributed by atoms with Gasteiger partial charge < -0.3 is 19.5 Å². The van der Waals surface area contributed by atoms with Crippen LogP contribution in [0, 0.1) is 0 Å². The lowest BCUT2D eigenvalue weighted by molar-refractivity contribution is -0.140. The van der Waals surface area contributed by atoms with Crippen LogP contribution in [0.1, 0.15) is 36.5 Å². The van der Waals surface area contributed by atoms with Gasteiger partial charge in [-0.15, -0.1) is 12.4 Å². The van der Waals surface area contributed by atoms with Crippen molar-refractivity contribution >= 4 is 30.0 Å². The Labute approximate surface area is 223 Å². The molecule has 0 radical (unpaired) electrons. The third kappa shape index (κ3) is 6.81. The van der Waals surface area contributed by atoms with Gasteiger partial charge in [0.15, 0.2) is 0 Å². The molecule has 3 aromatic rings. The number of carbonyl (C=O) groups is 2. The van der Waals surface area contributed by atoms with Crippen molar-refractivity contribution in [3.63, 3.8) is 0 Å². The average Bonchev–Trinajstić information content (AvgIpc) is 3.01. The number of aliphatic carboxylic acids is 1. The summed E-state index contributed by atoms with van der Waals surface area (Å²) >= 11 is 0. The molecule has 37 heavy (non-hydrogen) atoms. The van der Waals surface area contributed by atoms with Gasteiger partial charge in [-0.2, -0.15) is 0 Å². The number of nitrogens with one attached hydrogen (secondary N) is 1. The number of hydrogen-bond acceptors (Lipinski definition) is 5. The van der Waals surface area contributed by atoms with E-state index in [-0.39, 0.29) is 31.3 Å². The van der Waals surface area contributed by atoms with Gasteiger partial charge in [-0.25, -0.2) is 0 Å². The van der Waals surface area contributed by atoms with Crippen LogP contribution in [0.4, 0.5) is 5.69 Å². The van der Waals surface area contributed by atoms with Crippen molar-refractivity contribution in [3.8, 4) is 11.5 Å². The molecule has 7 nitrogen and oxygen atoms in total. The number of carbonyl (C=O) groups excluding carboxylic acids is 1. The number of ether oxygens (including phenoxy) is 2. The highest BCUT2D eigenvalue weighted by molar-refractivity contribution is 5.99. The van der Waals surface area contributed by atoms with Gasteiger partial charge in [0.05, 0.1) is 19.3 Å². The second-order valence-corrected chi connectivity index (χ2v) is 9.26. The minimum atomic E-state index is -1.03. The second-order valence-electron chi connectivity index (χ2n) is 9.26. The summed E-state index contributed by atoms with van der Waals surface area (Å²) in [6.45, 7) is 4.67. The maximum Gasteiger partial charge on any atom is 0.321 e. The van der Waals surface area contributed by atoms with Crippen molar-refractivity contribution in [3.05, 3.63) is 89.5 Å². The molecule has 0 bridgehead atoms. The maximum atomic E-state index is 13.8. The number of fused-ring (bicyclic) bond motifs is 1. The number of hydrogen-bond donors (Lipinski definition) is 2. The Morgan fingerprint density at radius 2 is 1.70 bits per heavy atom. The smallest absolute Gasteiger partial charge is 0.321 e. The zero-order valence-electron chi connectivity index (χ0n) is 21.2. The highest BCUT2D eigenvalue weighted by atomic mass is 35.5. The van der Waals surface area contributed by atoms with Gasteiger partial charge in [0.25, 0.3) is 0 Å². The van der Waals surface area contributed by atoms with Crippen LogP contribution in [0.5, 0.6) is 11.5 Å². The molecule has 1 unspecified atom stereocenters. The third-order valence-electron chi connectivity index (χ3n) is 6.41. The molecule has 196 valence electrons. The summed E-state index contributed by atoms with van der Waals surface area (Å²) in [6.07, 6.45) is 0.215. The normalized spacial score (nSPS) is 15.7. The Hall–Kier alpha value is -3.55. The monoisotopic (exact) mass is 524 g/mol. The quantitative estimate of drug-likeness (QED) is 0.417. The topological polar surface area (TPSA) is 88.1 Å². The molecule has 8 heteroatoms. The first-order valence-electron chi connectivity index (χ1n) is 12.1. The number of nitrogens with zero attached hydrogens (tertiary/aromatic N) is 1. The van der Waals surface area contributed by atoms with E-state index in [9.17, 15) is 14.7 Å². The highest BCUT2D eigenvalue weighted by Crippen LogP contribution is 2.32. The number of carboxylic acid groups (broad SMARTS) is 1. The zero-order chi connectivity index (χ0) is 25.7. The Kier molecular flexibility index (Phi) is 9.55. The number of benzene rings is 3. The molecule has 2 atom stereocenters. The van der Waals surface area contributed by atoms with Gasteiger partial charge in [-0.3, -0.25) is 14.9 Å². The highest BCUT2D eigenvalue weighted by Gasteiger charge is 2.34. The van der Waals surface area contributed by atoms with Crippen LogP contribution >= 0.6 is 12.4 Å². The number of methoxy groups -OCH3 is 1. The van der Waals surface area contributed by atoms with E-state index in [4.69, 9.17) is 9.47 Å². The van der Waals surface area contributed by atoms with Gasteiger partial charge >= 0.3 is 5.97 Å². The second kappa shape index (κ2) is 12.6. The maximum absolute atomic E-state index is 13.8. The van der Waals surface area contributed by atoms with E-state index in [2.05, 4.69) is 31.3 Å². The molecule has 1 heterocycles. The van der Waals surface area contributed by atoms with E-state index >= 15 is 0 Å². The average molecular weight is 525 g/mol. The molecule has 0 aromatic heterocycles. The summed E-state index contributed by atoms with van der Waals surface area (Å²) in [5.41, 5.74) is 3.70. The van der Waals surface area contributed by atoms with Crippen LogP contribution in [0.2, 0.25) is 0 Å². The van der Waals surface area contributed by atoms with Crippen LogP contribution < -0.4 is 19.7 Å². The summed E-state index contributed by atoms with van der Waals surface area (Å²) < 4.78 is 11.2. The number of rotatable bonds is 9. The lowest BCUT2D eigenvalue weighted by atomic mass is 10.0. The molecule has 1 aliphatic rings. The van der Waals surface area contributed by atoms with E-state index in [1.54, 1.807) is 24.1 Å². The number of carboxylic acids is 1. The van der Waals surface area contributed by atoms with E-state index < -0.39 is 18.1 Å². The van der Waals surface area contributed by atoms with Gasteiger partial charge in [0, 0.05) is 0 Å². The summed E-state index contributed by atoms with van der Waals surface area (Å²) in [6, 6.07) is 21.0. The summed E-state index contributed by atoms with van der Waals surface area (Å²) in [4.78, 5) is 27.6. The summed E-state index contributed by atoms with van der Waals surface area (Å²) in [5.74, 6) is 0.446. The van der Waals surface area contributed by atoms with Crippen molar-refractivity contribution in [2.24, 2.45) is 0 Å². The molecule has 3 aromatic carbocycles. The molecule has 0 spiro atoms. The van der Waals surface area contributed by atoms with E-state index in [0.29, 0.717) is 29.6 Å². The predicted molar refractivity (Wildman–Crippen MR) is 146 cm³/mol. The van der Waals surface area contributed by atoms with E-state index in [0.717, 1.165) is 11.1 Å². The van der Waals surface area contributed by atoms with Crippen LogP contribution in [0.15, 0.2) is 72.8 Å². The molecule has 1 aliphatic heterocycles. The SMILES string of the molecule is COc1ccc(C[C@H](NC2COc3ccccc3N(Cc3ccc(C(C)C)cc3)C2=O)C(=O)O)cc1.Cl. The summed E-state index contributed by atoms with van der Waals surface area (Å²) in [5, 5.41) is 13.0. The molecule has 0 fully saturated rings. The van der Waals surface area contributed by atoms with Crippen molar-refractivity contribution in [1.29, 1.82) is 0 Å². The van der Waals surface area contributed by atoms with Gasteiger partial charge in [0.2, 0.25) is 5.91 Å². The Morgan fingerprint density at radius 3 is 2.32 bits per heavy atom. The Balaban J connectivity index is 0.00000380. The van der Waals surface area contributed by atoms with E-state index in [1.807, 2.05) is 48.5 Å². The number of amides is 1. The van der Waals surface area contributed by atoms with Crippen molar-refractivity contribution in [2.75, 3.05) is 18.6 Å². The van der Waals surface area contributed by atoms with Crippen molar-refractivity contribution in [2.45, 2.75) is 44.8 Å². The first kappa shape index (κ1) is 28.0. The van der Waals surface area contributed by atoms with Crippen molar-refractivity contribution in [1.82, 2.24) is 5.32 Å². The standard InChI is InChI=1S/C29H32N2O5.ClH/c1-19(2)22-12-8-21(9-13-22)17-31-26-6-4-5-7-27(26)36-18-25(28(31)32)30-24(29(33)34)16-20-10-14-23(35-3)15-11-20;/h4-15,19,24-25,30H,16-18H2,1-3H3,(H,33,34);1H/t24-,25?;/m0./s1. The van der Waals surface area contributed by atoms with Gasteiger partial charge in [0.1, 0.15) is 30.2 Å². The first-order chi connectivity index (χ1) is 17.4. The molecule has 4 rings (SSSR count). The van der Waals surface area contributed by atoms with Crippen LogP contribution in [-0.4, -0.2) is 42.8 Å². The minimum absolute atomic E-state index is 0. The number of anilines is 1. The fourth-order valence-corrected chi connectivity index (χ4v) is 4.28. The third-order valence-corrected chi connectivity index (χ3v) is 6.41. The summed E-state index contributed by atoms with van der Waals surface area (Å²) in [7, 11) is 1.58. The molecule has 0 aliphatic carbocycles. The molecular formula is C29H33ClN2O5.